The molecule has 4 rings (SSSR count). The van der Waals surface area contributed by atoms with Gasteiger partial charge in [-0.05, 0) is 18.6 Å². The number of benzene rings is 2. The van der Waals surface area contributed by atoms with Crippen LogP contribution in [0.3, 0.4) is 0 Å². The molecule has 0 amide bonds. The van der Waals surface area contributed by atoms with Crippen molar-refractivity contribution in [1.82, 2.24) is 19.7 Å². The van der Waals surface area contributed by atoms with Gasteiger partial charge in [0.05, 0.1) is 10.4 Å². The molecule has 0 fully saturated rings. The normalized spacial score (nSPS) is 11.3. The lowest BCUT2D eigenvalue weighted by Gasteiger charge is -2.03. The van der Waals surface area contributed by atoms with Crippen LogP contribution in [-0.2, 0) is 12.3 Å². The summed E-state index contributed by atoms with van der Waals surface area (Å²) in [5.74, 6) is 0.543. The zero-order valence-electron chi connectivity index (χ0n) is 14.0. The molecule has 4 aromatic rings. The number of rotatable bonds is 5. The molecule has 0 aliphatic rings. The summed E-state index contributed by atoms with van der Waals surface area (Å²) in [5.41, 5.74) is 3.63. The van der Waals surface area contributed by atoms with Crippen LogP contribution in [0.5, 0.6) is 0 Å². The molecule has 26 heavy (non-hydrogen) atoms. The number of aryl methyl sites for hydroxylation is 1. The number of hydrogen-bond acceptors (Lipinski definition) is 6. The lowest BCUT2D eigenvalue weighted by molar-refractivity contribution is -0.384. The van der Waals surface area contributed by atoms with E-state index >= 15 is 0 Å². The maximum atomic E-state index is 10.9. The first kappa shape index (κ1) is 16.5. The smallest absolute Gasteiger partial charge is 0.269 e. The van der Waals surface area contributed by atoms with Crippen LogP contribution >= 0.6 is 11.8 Å². The number of non-ortho nitro benzene ring substituents is 1. The minimum absolute atomic E-state index is 0.0868. The van der Waals surface area contributed by atoms with Gasteiger partial charge >= 0.3 is 0 Å². The zero-order chi connectivity index (χ0) is 18.1. The second-order valence-corrected chi connectivity index (χ2v) is 6.69. The Labute approximate surface area is 153 Å². The molecule has 0 N–H and O–H groups in total. The molecule has 130 valence electrons. The fraction of sp³-hybridized carbons (Fsp3) is 0.167. The Bertz CT molecular complexity index is 1130. The Balaban J connectivity index is 1.66. The molecule has 0 spiro atoms. The van der Waals surface area contributed by atoms with E-state index in [-0.39, 0.29) is 5.69 Å². The third-order valence-electron chi connectivity index (χ3n) is 4.16. The average molecular weight is 365 g/mol. The maximum absolute atomic E-state index is 10.9. The Hall–Kier alpha value is -3.00. The highest BCUT2D eigenvalue weighted by molar-refractivity contribution is 7.98. The predicted octanol–water partition coefficient (Wildman–Crippen LogP) is 4.20. The number of nitrogens with zero attached hydrogens (tertiary/aromatic N) is 5. The zero-order valence-corrected chi connectivity index (χ0v) is 14.8. The van der Waals surface area contributed by atoms with Crippen molar-refractivity contribution in [3.63, 3.8) is 0 Å². The van der Waals surface area contributed by atoms with E-state index in [4.69, 9.17) is 0 Å². The topological polar surface area (TPSA) is 86.7 Å². The second kappa shape index (κ2) is 6.72. The Morgan fingerprint density at radius 2 is 2.00 bits per heavy atom. The molecule has 0 saturated heterocycles. The minimum atomic E-state index is -0.391. The maximum Gasteiger partial charge on any atom is 0.269 e. The molecule has 7 nitrogen and oxygen atoms in total. The van der Waals surface area contributed by atoms with E-state index in [0.717, 1.165) is 34.2 Å². The van der Waals surface area contributed by atoms with Crippen molar-refractivity contribution in [1.29, 1.82) is 0 Å². The Kier molecular flexibility index (Phi) is 4.26. The molecule has 2 aromatic heterocycles. The van der Waals surface area contributed by atoms with Gasteiger partial charge in [-0.3, -0.25) is 10.1 Å². The van der Waals surface area contributed by atoms with Crippen LogP contribution in [0, 0.1) is 10.1 Å². The van der Waals surface area contributed by atoms with Crippen LogP contribution in [0.2, 0.25) is 0 Å². The third kappa shape index (κ3) is 2.88. The SMILES string of the molecule is CCn1c2ccccc2c2nnc(SCc3cccc([N+](=O)[O-])c3)nc21. The van der Waals surface area contributed by atoms with Crippen LogP contribution in [0.1, 0.15) is 12.5 Å². The fourth-order valence-corrected chi connectivity index (χ4v) is 3.70. The van der Waals surface area contributed by atoms with E-state index in [1.165, 1.54) is 17.8 Å². The molecular weight excluding hydrogens is 350 g/mol. The van der Waals surface area contributed by atoms with E-state index in [1.807, 2.05) is 24.3 Å². The van der Waals surface area contributed by atoms with Gasteiger partial charge in [0.25, 0.3) is 5.69 Å². The van der Waals surface area contributed by atoms with E-state index in [2.05, 4.69) is 32.7 Å². The van der Waals surface area contributed by atoms with Crippen LogP contribution in [0.4, 0.5) is 5.69 Å². The van der Waals surface area contributed by atoms with Crippen molar-refractivity contribution in [3.05, 3.63) is 64.2 Å². The van der Waals surface area contributed by atoms with Gasteiger partial charge in [-0.15, -0.1) is 10.2 Å². The molecule has 0 radical (unpaired) electrons. The summed E-state index contributed by atoms with van der Waals surface area (Å²) in [6, 6.07) is 14.7. The van der Waals surface area contributed by atoms with Crippen molar-refractivity contribution in [2.75, 3.05) is 0 Å². The number of hydrogen-bond donors (Lipinski definition) is 0. The number of nitro groups is 1. The molecule has 0 atom stereocenters. The second-order valence-electron chi connectivity index (χ2n) is 5.74. The molecule has 2 aromatic carbocycles. The predicted molar refractivity (Wildman–Crippen MR) is 101 cm³/mol. The quantitative estimate of drug-likeness (QED) is 0.299. The van der Waals surface area contributed by atoms with Gasteiger partial charge < -0.3 is 4.57 Å². The largest absolute Gasteiger partial charge is 0.324 e. The Morgan fingerprint density at radius 3 is 2.81 bits per heavy atom. The molecule has 2 heterocycles. The van der Waals surface area contributed by atoms with Gasteiger partial charge in [0.2, 0.25) is 5.16 Å². The number of thioether (sulfide) groups is 1. The number of aromatic nitrogens is 4. The van der Waals surface area contributed by atoms with E-state index in [9.17, 15) is 10.1 Å². The van der Waals surface area contributed by atoms with E-state index in [1.54, 1.807) is 12.1 Å². The molecule has 0 unspecified atom stereocenters. The first-order chi connectivity index (χ1) is 12.7. The fourth-order valence-electron chi connectivity index (χ4n) is 2.98. The average Bonchev–Trinajstić information content (AvgIpc) is 2.99. The van der Waals surface area contributed by atoms with E-state index < -0.39 is 4.92 Å². The summed E-state index contributed by atoms with van der Waals surface area (Å²) in [4.78, 5) is 15.2. The molecule has 0 saturated carbocycles. The number of para-hydroxylation sites is 1. The van der Waals surface area contributed by atoms with Crippen molar-refractivity contribution in [2.45, 2.75) is 24.4 Å². The molecule has 0 bridgehead atoms. The molecule has 0 aliphatic carbocycles. The summed E-state index contributed by atoms with van der Waals surface area (Å²) in [7, 11) is 0. The van der Waals surface area contributed by atoms with Gasteiger partial charge in [-0.1, -0.05) is 42.1 Å². The number of nitro benzene ring substituents is 1. The summed E-state index contributed by atoms with van der Waals surface area (Å²) < 4.78 is 2.12. The standard InChI is InChI=1S/C18H15N5O2S/c1-2-22-15-9-4-3-8-14(15)16-17(22)19-18(21-20-16)26-11-12-6-5-7-13(10-12)23(24)25/h3-10H,2,11H2,1H3. The monoisotopic (exact) mass is 365 g/mol. The van der Waals surface area contributed by atoms with Gasteiger partial charge in [-0.2, -0.15) is 0 Å². The first-order valence-electron chi connectivity index (χ1n) is 8.15. The summed E-state index contributed by atoms with van der Waals surface area (Å²) in [5, 5.41) is 21.1. The van der Waals surface area contributed by atoms with Gasteiger partial charge in [0.1, 0.15) is 5.52 Å². The first-order valence-corrected chi connectivity index (χ1v) is 9.13. The molecule has 0 aliphatic heterocycles. The van der Waals surface area contributed by atoms with Crippen molar-refractivity contribution in [2.24, 2.45) is 0 Å². The van der Waals surface area contributed by atoms with Crippen LogP contribution in [-0.4, -0.2) is 24.7 Å². The van der Waals surface area contributed by atoms with Crippen molar-refractivity contribution >= 4 is 39.5 Å². The van der Waals surface area contributed by atoms with Crippen LogP contribution in [0.25, 0.3) is 22.1 Å². The van der Waals surface area contributed by atoms with Gasteiger partial charge in [-0.25, -0.2) is 4.98 Å². The highest BCUT2D eigenvalue weighted by Crippen LogP contribution is 2.28. The minimum Gasteiger partial charge on any atom is -0.324 e. The van der Waals surface area contributed by atoms with Gasteiger partial charge in [0, 0.05) is 29.8 Å². The lowest BCUT2D eigenvalue weighted by atomic mass is 10.2. The third-order valence-corrected chi connectivity index (χ3v) is 5.07. The van der Waals surface area contributed by atoms with E-state index in [0.29, 0.717) is 10.9 Å². The van der Waals surface area contributed by atoms with Crippen LogP contribution in [0.15, 0.2) is 53.7 Å². The highest BCUT2D eigenvalue weighted by atomic mass is 32.2. The molecule has 8 heteroatoms. The van der Waals surface area contributed by atoms with Crippen molar-refractivity contribution < 1.29 is 4.92 Å². The lowest BCUT2D eigenvalue weighted by Crippen LogP contribution is -1.98. The van der Waals surface area contributed by atoms with Crippen molar-refractivity contribution in [3.8, 4) is 0 Å². The summed E-state index contributed by atoms with van der Waals surface area (Å²) in [6.07, 6.45) is 0. The Morgan fingerprint density at radius 1 is 1.15 bits per heavy atom. The van der Waals surface area contributed by atoms with Crippen LogP contribution < -0.4 is 0 Å². The summed E-state index contributed by atoms with van der Waals surface area (Å²) in [6.45, 7) is 2.86. The summed E-state index contributed by atoms with van der Waals surface area (Å²) >= 11 is 1.42. The molecular formula is C18H15N5O2S. The van der Waals surface area contributed by atoms with Gasteiger partial charge in [0.15, 0.2) is 5.65 Å². The number of fused-ring (bicyclic) bond motifs is 3. The highest BCUT2D eigenvalue weighted by Gasteiger charge is 2.14.